The van der Waals surface area contributed by atoms with Gasteiger partial charge in [-0.05, 0) is 54.8 Å². The number of nitrogens with zero attached hydrogens (tertiary/aromatic N) is 3. The minimum absolute atomic E-state index is 0.311. The van der Waals surface area contributed by atoms with Gasteiger partial charge >= 0.3 is 0 Å². The Labute approximate surface area is 164 Å². The number of aliphatic hydroxyl groups is 1. The summed E-state index contributed by atoms with van der Waals surface area (Å²) in [6.07, 6.45) is 2.84. The topological polar surface area (TPSA) is 74.5 Å². The van der Waals surface area contributed by atoms with Gasteiger partial charge in [0.05, 0.1) is 23.9 Å². The van der Waals surface area contributed by atoms with Crippen LogP contribution in [-0.4, -0.2) is 40.3 Å². The van der Waals surface area contributed by atoms with E-state index in [2.05, 4.69) is 31.2 Å². The molecule has 0 aliphatic rings. The van der Waals surface area contributed by atoms with Crippen molar-refractivity contribution in [2.75, 3.05) is 19.6 Å². The fourth-order valence-electron chi connectivity index (χ4n) is 2.88. The maximum atomic E-state index is 10.6. The molecule has 0 fully saturated rings. The summed E-state index contributed by atoms with van der Waals surface area (Å²) in [6, 6.07) is 10.1. The molecule has 0 aliphatic carbocycles. The van der Waals surface area contributed by atoms with Crippen molar-refractivity contribution in [1.82, 2.24) is 20.2 Å². The Hall–Kier alpha value is -2.38. The third kappa shape index (κ3) is 5.08. The first-order chi connectivity index (χ1) is 13.1. The molecule has 0 aliphatic heterocycles. The van der Waals surface area contributed by atoms with Gasteiger partial charge in [-0.2, -0.15) is 11.3 Å². The summed E-state index contributed by atoms with van der Waals surface area (Å²) in [4.78, 5) is 8.98. The van der Waals surface area contributed by atoms with Crippen LogP contribution in [0.5, 0.6) is 0 Å². The van der Waals surface area contributed by atoms with E-state index in [-0.39, 0.29) is 0 Å². The summed E-state index contributed by atoms with van der Waals surface area (Å²) in [5.74, 6) is 0.725. The normalized spacial score (nSPS) is 14.3. The van der Waals surface area contributed by atoms with E-state index in [0.717, 1.165) is 48.6 Å². The van der Waals surface area contributed by atoms with Gasteiger partial charge in [-0.3, -0.25) is 0 Å². The minimum Gasteiger partial charge on any atom is -0.383 e. The van der Waals surface area contributed by atoms with E-state index in [0.29, 0.717) is 6.54 Å². The first-order valence-corrected chi connectivity index (χ1v) is 10.2. The Bertz CT molecular complexity index is 870. The Balaban J connectivity index is 1.52. The maximum absolute atomic E-state index is 10.6. The van der Waals surface area contributed by atoms with Crippen LogP contribution in [0, 0.1) is 0 Å². The molecule has 144 valence electrons. The second kappa shape index (κ2) is 9.01. The molecule has 0 saturated heterocycles. The predicted octanol–water partition coefficient (Wildman–Crippen LogP) is 2.95. The van der Waals surface area contributed by atoms with E-state index in [1.54, 1.807) is 18.3 Å². The lowest BCUT2D eigenvalue weighted by Gasteiger charge is -2.21. The van der Waals surface area contributed by atoms with Crippen LogP contribution < -0.4 is 10.6 Å². The maximum Gasteiger partial charge on any atom is 0.191 e. The van der Waals surface area contributed by atoms with E-state index in [1.165, 1.54) is 0 Å². The van der Waals surface area contributed by atoms with Crippen molar-refractivity contribution in [3.05, 3.63) is 53.0 Å². The monoisotopic (exact) mass is 385 g/mol. The second-order valence-corrected chi connectivity index (χ2v) is 7.47. The quantitative estimate of drug-likeness (QED) is 0.317. The fourth-order valence-corrected chi connectivity index (χ4v) is 3.66. The highest BCUT2D eigenvalue weighted by atomic mass is 32.1. The number of rotatable bonds is 8. The van der Waals surface area contributed by atoms with Crippen molar-refractivity contribution in [1.29, 1.82) is 0 Å². The Morgan fingerprint density at radius 3 is 2.93 bits per heavy atom. The molecular weight excluding hydrogens is 358 g/mol. The van der Waals surface area contributed by atoms with Crippen molar-refractivity contribution in [3.8, 4) is 0 Å². The first-order valence-electron chi connectivity index (χ1n) is 9.27. The SMILES string of the molecule is CCNC(=NCC(C)(O)c1ccsc1)NCCCn1cnc2ccccc21. The van der Waals surface area contributed by atoms with E-state index >= 15 is 0 Å². The summed E-state index contributed by atoms with van der Waals surface area (Å²) in [5, 5.41) is 21.1. The van der Waals surface area contributed by atoms with Crippen LogP contribution in [0.1, 0.15) is 25.8 Å². The molecule has 7 heteroatoms. The van der Waals surface area contributed by atoms with Crippen LogP contribution in [0.4, 0.5) is 0 Å². The van der Waals surface area contributed by atoms with Gasteiger partial charge < -0.3 is 20.3 Å². The number of hydrogen-bond acceptors (Lipinski definition) is 4. The second-order valence-electron chi connectivity index (χ2n) is 6.69. The minimum atomic E-state index is -0.960. The highest BCUT2D eigenvalue weighted by molar-refractivity contribution is 7.08. The largest absolute Gasteiger partial charge is 0.383 e. The van der Waals surface area contributed by atoms with Gasteiger partial charge in [0.15, 0.2) is 5.96 Å². The van der Waals surface area contributed by atoms with Crippen LogP contribution in [-0.2, 0) is 12.1 Å². The standard InChI is InChI=1S/C20H27N5OS/c1-3-21-19(23-14-20(2,26)16-9-12-27-13-16)22-10-6-11-25-15-24-17-7-4-5-8-18(17)25/h4-5,7-9,12-13,15,26H,3,6,10-11,14H2,1-2H3,(H2,21,22,23). The van der Waals surface area contributed by atoms with Gasteiger partial charge in [-0.25, -0.2) is 9.98 Å². The van der Waals surface area contributed by atoms with E-state index < -0.39 is 5.60 Å². The molecule has 2 aromatic heterocycles. The number of aryl methyl sites for hydroxylation is 1. The lowest BCUT2D eigenvalue weighted by molar-refractivity contribution is 0.0677. The summed E-state index contributed by atoms with van der Waals surface area (Å²) >= 11 is 1.58. The number of guanidine groups is 1. The van der Waals surface area contributed by atoms with Gasteiger partial charge in [0.1, 0.15) is 5.60 Å². The molecule has 0 amide bonds. The molecule has 1 aromatic carbocycles. The summed E-state index contributed by atoms with van der Waals surface area (Å²) in [6.45, 7) is 6.60. The average molecular weight is 386 g/mol. The number of hydrogen-bond donors (Lipinski definition) is 3. The number of para-hydroxylation sites is 2. The highest BCUT2D eigenvalue weighted by Crippen LogP contribution is 2.23. The van der Waals surface area contributed by atoms with Crippen molar-refractivity contribution in [3.63, 3.8) is 0 Å². The summed E-state index contributed by atoms with van der Waals surface area (Å²) < 4.78 is 2.17. The zero-order valence-electron chi connectivity index (χ0n) is 15.9. The lowest BCUT2D eigenvalue weighted by atomic mass is 10.00. The molecule has 2 heterocycles. The van der Waals surface area contributed by atoms with Gasteiger partial charge in [0.2, 0.25) is 0 Å². The molecule has 0 radical (unpaired) electrons. The fraction of sp³-hybridized carbons (Fsp3) is 0.400. The molecule has 3 rings (SSSR count). The number of aromatic nitrogens is 2. The van der Waals surface area contributed by atoms with Gasteiger partial charge in [-0.1, -0.05) is 12.1 Å². The molecule has 6 nitrogen and oxygen atoms in total. The molecule has 0 spiro atoms. The molecular formula is C20H27N5OS. The van der Waals surface area contributed by atoms with Gasteiger partial charge in [0, 0.05) is 19.6 Å². The van der Waals surface area contributed by atoms with Crippen LogP contribution in [0.3, 0.4) is 0 Å². The number of nitrogens with one attached hydrogen (secondary N) is 2. The van der Waals surface area contributed by atoms with E-state index in [9.17, 15) is 5.11 Å². The van der Waals surface area contributed by atoms with Gasteiger partial charge in [-0.15, -0.1) is 0 Å². The summed E-state index contributed by atoms with van der Waals surface area (Å²) in [7, 11) is 0. The van der Waals surface area contributed by atoms with Crippen LogP contribution in [0.25, 0.3) is 11.0 Å². The summed E-state index contributed by atoms with van der Waals surface area (Å²) in [5.41, 5.74) is 2.12. The Kier molecular flexibility index (Phi) is 6.47. The molecule has 3 aromatic rings. The number of aliphatic imine (C=N–C) groups is 1. The highest BCUT2D eigenvalue weighted by Gasteiger charge is 2.23. The number of imidazole rings is 1. The molecule has 27 heavy (non-hydrogen) atoms. The zero-order chi connectivity index (χ0) is 19.1. The Morgan fingerprint density at radius 2 is 2.15 bits per heavy atom. The number of benzene rings is 1. The lowest BCUT2D eigenvalue weighted by Crippen LogP contribution is -2.39. The van der Waals surface area contributed by atoms with E-state index in [1.807, 2.05) is 48.3 Å². The predicted molar refractivity (Wildman–Crippen MR) is 112 cm³/mol. The molecule has 0 bridgehead atoms. The smallest absolute Gasteiger partial charge is 0.191 e. The van der Waals surface area contributed by atoms with E-state index in [4.69, 9.17) is 0 Å². The first kappa shape index (κ1) is 19.4. The van der Waals surface area contributed by atoms with Crippen molar-refractivity contribution in [2.45, 2.75) is 32.4 Å². The Morgan fingerprint density at radius 1 is 1.30 bits per heavy atom. The van der Waals surface area contributed by atoms with Crippen molar-refractivity contribution in [2.24, 2.45) is 4.99 Å². The van der Waals surface area contributed by atoms with Crippen LogP contribution >= 0.6 is 11.3 Å². The van der Waals surface area contributed by atoms with Gasteiger partial charge in [0.25, 0.3) is 0 Å². The average Bonchev–Trinajstić information content (AvgIpc) is 3.34. The number of fused-ring (bicyclic) bond motifs is 1. The van der Waals surface area contributed by atoms with Crippen molar-refractivity contribution < 1.29 is 5.11 Å². The van der Waals surface area contributed by atoms with Crippen molar-refractivity contribution >= 4 is 28.3 Å². The zero-order valence-corrected chi connectivity index (χ0v) is 16.7. The van der Waals surface area contributed by atoms with Crippen LogP contribution in [0.2, 0.25) is 0 Å². The molecule has 1 atom stereocenters. The molecule has 0 saturated carbocycles. The molecule has 3 N–H and O–H groups in total. The molecule has 1 unspecified atom stereocenters. The number of thiophene rings is 1. The third-order valence-corrected chi connectivity index (χ3v) is 5.11. The van der Waals surface area contributed by atoms with Crippen LogP contribution in [0.15, 0.2) is 52.4 Å². The third-order valence-electron chi connectivity index (χ3n) is 4.43.